The first-order valence-electron chi connectivity index (χ1n) is 12.9. The molecule has 3 amide bonds. The van der Waals surface area contributed by atoms with Crippen LogP contribution < -0.4 is 15.4 Å². The Labute approximate surface area is 234 Å². The molecule has 202 valence electrons. The molecular formula is C29H27N7O3S. The molecule has 0 saturated carbocycles. The number of para-hydroxylation sites is 1. The fourth-order valence-corrected chi connectivity index (χ4v) is 5.56. The molecule has 1 aliphatic rings. The van der Waals surface area contributed by atoms with Crippen LogP contribution >= 0.6 is 11.3 Å². The Hall–Kier alpha value is -4.77. The Morgan fingerprint density at radius 1 is 1.02 bits per heavy atom. The minimum Gasteiger partial charge on any atom is -0.477 e. The number of ether oxygens (including phenoxy) is 1. The number of thiazole rings is 1. The highest BCUT2D eigenvalue weighted by Crippen LogP contribution is 2.26. The van der Waals surface area contributed by atoms with Crippen LogP contribution in [0, 0.1) is 5.92 Å². The number of amides is 3. The van der Waals surface area contributed by atoms with E-state index in [1.807, 2.05) is 59.0 Å². The third-order valence-corrected chi connectivity index (χ3v) is 7.74. The Morgan fingerprint density at radius 3 is 2.70 bits per heavy atom. The monoisotopic (exact) mass is 553 g/mol. The van der Waals surface area contributed by atoms with Crippen molar-refractivity contribution in [2.24, 2.45) is 13.0 Å². The number of carbonyl (C=O) groups is 2. The first kappa shape index (κ1) is 25.5. The van der Waals surface area contributed by atoms with E-state index in [0.29, 0.717) is 42.9 Å². The van der Waals surface area contributed by atoms with Crippen molar-refractivity contribution in [1.29, 1.82) is 0 Å². The van der Waals surface area contributed by atoms with Crippen molar-refractivity contribution in [1.82, 2.24) is 24.4 Å². The van der Waals surface area contributed by atoms with Gasteiger partial charge in [0, 0.05) is 66.4 Å². The average molecular weight is 554 g/mol. The van der Waals surface area contributed by atoms with Gasteiger partial charge in [-0.15, -0.1) is 11.3 Å². The molecule has 1 saturated heterocycles. The number of hydrogen-bond acceptors (Lipinski definition) is 7. The van der Waals surface area contributed by atoms with Gasteiger partial charge in [-0.3, -0.25) is 20.4 Å². The third kappa shape index (κ3) is 5.50. The summed E-state index contributed by atoms with van der Waals surface area (Å²) in [7, 11) is 1.93. The van der Waals surface area contributed by atoms with Crippen LogP contribution in [0.1, 0.15) is 16.9 Å². The molecule has 40 heavy (non-hydrogen) atoms. The van der Waals surface area contributed by atoms with E-state index >= 15 is 0 Å². The summed E-state index contributed by atoms with van der Waals surface area (Å²) in [6.45, 7) is 1.73. The van der Waals surface area contributed by atoms with Gasteiger partial charge in [0.05, 0.1) is 6.61 Å². The predicted octanol–water partition coefficient (Wildman–Crippen LogP) is 5.28. The topological polar surface area (TPSA) is 114 Å². The molecule has 2 N–H and O–H groups in total. The lowest BCUT2D eigenvalue weighted by Gasteiger charge is -2.17. The number of hydrogen-bond donors (Lipinski definition) is 2. The number of benzene rings is 1. The summed E-state index contributed by atoms with van der Waals surface area (Å²) in [6.07, 6.45) is 4.25. The zero-order valence-corrected chi connectivity index (χ0v) is 22.6. The van der Waals surface area contributed by atoms with Crippen molar-refractivity contribution >= 4 is 45.8 Å². The molecule has 10 nitrogen and oxygen atoms in total. The molecule has 11 heteroatoms. The predicted molar refractivity (Wildman–Crippen MR) is 155 cm³/mol. The summed E-state index contributed by atoms with van der Waals surface area (Å²) in [5.41, 5.74) is 2.66. The molecule has 1 fully saturated rings. The summed E-state index contributed by atoms with van der Waals surface area (Å²) < 4.78 is 7.90. The highest BCUT2D eigenvalue weighted by Gasteiger charge is 2.29. The first-order valence-corrected chi connectivity index (χ1v) is 13.8. The fraction of sp³-hybridized carbons (Fsp3) is 0.207. The third-order valence-electron chi connectivity index (χ3n) is 6.85. The molecule has 0 aliphatic carbocycles. The maximum atomic E-state index is 13.2. The van der Waals surface area contributed by atoms with E-state index in [4.69, 9.17) is 4.74 Å². The normalized spacial score (nSPS) is 14.8. The quantitative estimate of drug-likeness (QED) is 0.284. The van der Waals surface area contributed by atoms with Crippen LogP contribution in [-0.2, 0) is 7.05 Å². The number of likely N-dealkylation sites (tertiary alicyclic amines) is 1. The van der Waals surface area contributed by atoms with Gasteiger partial charge >= 0.3 is 6.03 Å². The van der Waals surface area contributed by atoms with Crippen molar-refractivity contribution in [3.63, 3.8) is 0 Å². The summed E-state index contributed by atoms with van der Waals surface area (Å²) >= 11 is 1.43. The fourth-order valence-electron chi connectivity index (χ4n) is 4.80. The number of urea groups is 1. The highest BCUT2D eigenvalue weighted by atomic mass is 32.1. The Bertz CT molecular complexity index is 1670. The van der Waals surface area contributed by atoms with Crippen LogP contribution in [0.5, 0.6) is 5.88 Å². The van der Waals surface area contributed by atoms with E-state index in [1.165, 1.54) is 11.3 Å². The van der Waals surface area contributed by atoms with Crippen LogP contribution in [0.2, 0.25) is 0 Å². The molecule has 0 bridgehead atoms. The summed E-state index contributed by atoms with van der Waals surface area (Å²) in [4.78, 5) is 40.5. The number of nitrogens with zero attached hydrogens (tertiary/aromatic N) is 5. The lowest BCUT2D eigenvalue weighted by Crippen LogP contribution is -2.30. The second kappa shape index (κ2) is 11.1. The number of pyridine rings is 2. The van der Waals surface area contributed by atoms with Gasteiger partial charge in [-0.05, 0) is 36.8 Å². The molecule has 1 aromatic carbocycles. The average Bonchev–Trinajstić information content (AvgIpc) is 3.72. The van der Waals surface area contributed by atoms with E-state index in [1.54, 1.807) is 36.0 Å². The molecule has 6 rings (SSSR count). The molecule has 5 aromatic rings. The standard InChI is InChI=1S/C29H27N7O3S/c1-35-22-6-3-2-5-21(22)15-23(35)28(37)36-14-11-19(16-36)17-39-26-8-4-7-24(31-26)33-29(38)34-25-18-40-27(32-25)20-9-12-30-13-10-20/h2-10,12-13,15,18-19H,11,14,16-17H2,1H3,(H2,31,33,34,38). The van der Waals surface area contributed by atoms with E-state index in [-0.39, 0.29) is 11.8 Å². The van der Waals surface area contributed by atoms with Gasteiger partial charge in [0.2, 0.25) is 5.88 Å². The number of fused-ring (bicyclic) bond motifs is 1. The van der Waals surface area contributed by atoms with Crippen molar-refractivity contribution in [3.8, 4) is 16.5 Å². The molecule has 1 aliphatic heterocycles. The van der Waals surface area contributed by atoms with E-state index in [0.717, 1.165) is 27.9 Å². The smallest absolute Gasteiger partial charge is 0.326 e. The first-order chi connectivity index (χ1) is 19.5. The molecule has 0 radical (unpaired) electrons. The van der Waals surface area contributed by atoms with E-state index in [2.05, 4.69) is 25.6 Å². The molecular weight excluding hydrogens is 526 g/mol. The van der Waals surface area contributed by atoms with Gasteiger partial charge < -0.3 is 14.2 Å². The second-order valence-corrected chi connectivity index (χ2v) is 10.4. The van der Waals surface area contributed by atoms with Gasteiger partial charge in [-0.1, -0.05) is 24.3 Å². The Balaban J connectivity index is 1.01. The van der Waals surface area contributed by atoms with Crippen molar-refractivity contribution in [2.75, 3.05) is 30.3 Å². The van der Waals surface area contributed by atoms with Gasteiger partial charge in [0.25, 0.3) is 5.91 Å². The van der Waals surface area contributed by atoms with Crippen LogP contribution in [0.3, 0.4) is 0 Å². The Morgan fingerprint density at radius 2 is 1.85 bits per heavy atom. The zero-order chi connectivity index (χ0) is 27.5. The SMILES string of the molecule is Cn1c(C(=O)N2CCC(COc3cccc(NC(=O)Nc4csc(-c5ccncc5)n4)n3)C2)cc2ccccc21. The van der Waals surface area contributed by atoms with E-state index in [9.17, 15) is 9.59 Å². The number of aryl methyl sites for hydroxylation is 1. The second-order valence-electron chi connectivity index (χ2n) is 9.58. The number of rotatable bonds is 7. The van der Waals surface area contributed by atoms with Gasteiger partial charge in [-0.25, -0.2) is 9.78 Å². The summed E-state index contributed by atoms with van der Waals surface area (Å²) in [5.74, 6) is 1.44. The van der Waals surface area contributed by atoms with E-state index < -0.39 is 6.03 Å². The number of anilines is 2. The summed E-state index contributed by atoms with van der Waals surface area (Å²) in [5, 5.41) is 9.07. The highest BCUT2D eigenvalue weighted by molar-refractivity contribution is 7.13. The molecule has 5 heterocycles. The minimum atomic E-state index is -0.450. The zero-order valence-electron chi connectivity index (χ0n) is 21.8. The lowest BCUT2D eigenvalue weighted by molar-refractivity contribution is 0.0774. The maximum Gasteiger partial charge on any atom is 0.326 e. The molecule has 4 aromatic heterocycles. The van der Waals surface area contributed by atoms with Crippen LogP contribution in [0.4, 0.5) is 16.4 Å². The largest absolute Gasteiger partial charge is 0.477 e. The van der Waals surface area contributed by atoms with Crippen molar-refractivity contribution in [2.45, 2.75) is 6.42 Å². The van der Waals surface area contributed by atoms with Crippen LogP contribution in [-0.4, -0.2) is 56.1 Å². The lowest BCUT2D eigenvalue weighted by atomic mass is 10.1. The van der Waals surface area contributed by atoms with Gasteiger partial charge in [-0.2, -0.15) is 4.98 Å². The Kier molecular flexibility index (Phi) is 7.11. The van der Waals surface area contributed by atoms with Gasteiger partial charge in [0.15, 0.2) is 0 Å². The van der Waals surface area contributed by atoms with Crippen molar-refractivity contribution < 1.29 is 14.3 Å². The summed E-state index contributed by atoms with van der Waals surface area (Å²) in [6, 6.07) is 18.4. The van der Waals surface area contributed by atoms with Crippen LogP contribution in [0.25, 0.3) is 21.5 Å². The minimum absolute atomic E-state index is 0.0320. The maximum absolute atomic E-state index is 13.2. The molecule has 0 spiro atoms. The van der Waals surface area contributed by atoms with Crippen LogP contribution in [0.15, 0.2) is 78.4 Å². The number of nitrogens with one attached hydrogen (secondary N) is 2. The molecule has 1 atom stereocenters. The van der Waals surface area contributed by atoms with Crippen molar-refractivity contribution in [3.05, 3.63) is 84.1 Å². The molecule has 1 unspecified atom stereocenters. The number of carbonyl (C=O) groups excluding carboxylic acids is 2. The number of aromatic nitrogens is 4. The van der Waals surface area contributed by atoms with Gasteiger partial charge in [0.1, 0.15) is 22.3 Å².